The zero-order valence-corrected chi connectivity index (χ0v) is 11.7. The van der Waals surface area contributed by atoms with Gasteiger partial charge in [-0.15, -0.1) is 0 Å². The lowest BCUT2D eigenvalue weighted by molar-refractivity contribution is 0.0692. The summed E-state index contributed by atoms with van der Waals surface area (Å²) in [7, 11) is 1.67. The van der Waals surface area contributed by atoms with E-state index < -0.39 is 5.97 Å². The van der Waals surface area contributed by atoms with Crippen molar-refractivity contribution in [1.29, 1.82) is 0 Å². The van der Waals surface area contributed by atoms with E-state index in [4.69, 9.17) is 4.74 Å². The minimum Gasteiger partial charge on any atom is -0.478 e. The molecule has 0 aliphatic rings. The number of para-hydroxylation sites is 1. The summed E-state index contributed by atoms with van der Waals surface area (Å²) in [4.78, 5) is 11.5. The molecule has 0 saturated heterocycles. The first-order valence-electron chi connectivity index (χ1n) is 6.34. The first-order chi connectivity index (χ1) is 8.99. The molecule has 4 nitrogen and oxygen atoms in total. The maximum atomic E-state index is 11.5. The molecule has 0 spiro atoms. The number of methoxy groups -OCH3 is 1. The van der Waals surface area contributed by atoms with Gasteiger partial charge in [0, 0.05) is 23.7 Å². The highest BCUT2D eigenvalue weighted by Crippen LogP contribution is 2.30. The maximum Gasteiger partial charge on any atom is 0.338 e. The number of hydrogen-bond donors (Lipinski definition) is 1. The van der Waals surface area contributed by atoms with Crippen molar-refractivity contribution in [1.82, 2.24) is 4.57 Å². The molecule has 0 aliphatic carbocycles. The van der Waals surface area contributed by atoms with Gasteiger partial charge in [0.25, 0.3) is 0 Å². The van der Waals surface area contributed by atoms with Gasteiger partial charge in [0.15, 0.2) is 0 Å². The van der Waals surface area contributed by atoms with Gasteiger partial charge in [-0.1, -0.05) is 18.2 Å². The Labute approximate surface area is 112 Å². The van der Waals surface area contributed by atoms with E-state index in [1.807, 2.05) is 49.6 Å². The van der Waals surface area contributed by atoms with E-state index in [2.05, 4.69) is 0 Å². The smallest absolute Gasteiger partial charge is 0.338 e. The Balaban J connectivity index is 2.74. The summed E-state index contributed by atoms with van der Waals surface area (Å²) >= 11 is 0. The molecule has 0 aliphatic heterocycles. The van der Waals surface area contributed by atoms with Gasteiger partial charge in [-0.05, 0) is 26.8 Å². The van der Waals surface area contributed by atoms with Crippen molar-refractivity contribution < 1.29 is 14.6 Å². The summed E-state index contributed by atoms with van der Waals surface area (Å²) in [6.07, 6.45) is 0.0103. The summed E-state index contributed by atoms with van der Waals surface area (Å²) in [5.74, 6) is -0.885. The zero-order chi connectivity index (χ0) is 14.2. The van der Waals surface area contributed by atoms with Gasteiger partial charge in [-0.25, -0.2) is 4.79 Å². The van der Waals surface area contributed by atoms with Crippen LogP contribution in [0.15, 0.2) is 24.3 Å². The SMILES string of the molecule is COC(C)C(C)n1c(C)c(C(=O)O)c2ccccc21. The van der Waals surface area contributed by atoms with Crippen LogP contribution in [0.4, 0.5) is 0 Å². The molecule has 1 heterocycles. The lowest BCUT2D eigenvalue weighted by Gasteiger charge is -2.23. The molecule has 0 fully saturated rings. The highest BCUT2D eigenvalue weighted by atomic mass is 16.5. The first kappa shape index (κ1) is 13.6. The van der Waals surface area contributed by atoms with Crippen molar-refractivity contribution in [3.8, 4) is 0 Å². The number of hydrogen-bond acceptors (Lipinski definition) is 2. The molecule has 1 N–H and O–H groups in total. The van der Waals surface area contributed by atoms with Gasteiger partial charge in [-0.2, -0.15) is 0 Å². The molecule has 0 bridgehead atoms. The summed E-state index contributed by atoms with van der Waals surface area (Å²) in [6.45, 7) is 5.88. The lowest BCUT2D eigenvalue weighted by atomic mass is 10.1. The highest BCUT2D eigenvalue weighted by Gasteiger charge is 2.24. The second-order valence-corrected chi connectivity index (χ2v) is 4.83. The Morgan fingerprint density at radius 2 is 1.95 bits per heavy atom. The molecule has 1 aromatic heterocycles. The standard InChI is InChI=1S/C15H19NO3/c1-9(11(3)19-4)16-10(2)14(15(17)18)12-7-5-6-8-13(12)16/h5-9,11H,1-4H3,(H,17,18). The molecule has 0 amide bonds. The van der Waals surface area contributed by atoms with E-state index in [1.165, 1.54) is 0 Å². The van der Waals surface area contributed by atoms with Crippen molar-refractivity contribution in [2.24, 2.45) is 0 Å². The average Bonchev–Trinajstić information content (AvgIpc) is 2.69. The van der Waals surface area contributed by atoms with Gasteiger partial charge in [0.1, 0.15) is 0 Å². The fourth-order valence-electron chi connectivity index (χ4n) is 2.59. The molecule has 102 valence electrons. The number of aromatic carboxylic acids is 1. The Morgan fingerprint density at radius 1 is 1.32 bits per heavy atom. The van der Waals surface area contributed by atoms with Gasteiger partial charge in [-0.3, -0.25) is 0 Å². The van der Waals surface area contributed by atoms with E-state index in [-0.39, 0.29) is 12.1 Å². The molecule has 2 aromatic rings. The van der Waals surface area contributed by atoms with E-state index in [0.717, 1.165) is 16.6 Å². The number of benzene rings is 1. The second-order valence-electron chi connectivity index (χ2n) is 4.83. The van der Waals surface area contributed by atoms with Crippen LogP contribution >= 0.6 is 0 Å². The normalized spacial score (nSPS) is 14.5. The number of rotatable bonds is 4. The number of carbonyl (C=O) groups is 1. The predicted octanol–water partition coefficient (Wildman–Crippen LogP) is 3.24. The summed E-state index contributed by atoms with van der Waals surface area (Å²) in [5.41, 5.74) is 2.09. The van der Waals surface area contributed by atoms with Gasteiger partial charge >= 0.3 is 5.97 Å². The van der Waals surface area contributed by atoms with Crippen LogP contribution in [0.2, 0.25) is 0 Å². The van der Waals surface area contributed by atoms with Crippen molar-refractivity contribution in [3.05, 3.63) is 35.5 Å². The van der Waals surface area contributed by atoms with Crippen LogP contribution in [0, 0.1) is 6.92 Å². The van der Waals surface area contributed by atoms with Crippen LogP contribution in [-0.4, -0.2) is 28.9 Å². The third-order valence-corrected chi connectivity index (χ3v) is 3.83. The largest absolute Gasteiger partial charge is 0.478 e. The van der Waals surface area contributed by atoms with Crippen LogP contribution < -0.4 is 0 Å². The Kier molecular flexibility index (Phi) is 3.62. The lowest BCUT2D eigenvalue weighted by Crippen LogP contribution is -2.21. The highest BCUT2D eigenvalue weighted by molar-refractivity contribution is 6.05. The third-order valence-electron chi connectivity index (χ3n) is 3.83. The number of carboxylic acid groups (broad SMARTS) is 1. The van der Waals surface area contributed by atoms with Gasteiger partial charge < -0.3 is 14.4 Å². The average molecular weight is 261 g/mol. The minimum atomic E-state index is -0.885. The third kappa shape index (κ3) is 2.12. The molecular weight excluding hydrogens is 242 g/mol. The quantitative estimate of drug-likeness (QED) is 0.919. The predicted molar refractivity (Wildman–Crippen MR) is 74.8 cm³/mol. The van der Waals surface area contributed by atoms with Gasteiger partial charge in [0.05, 0.1) is 17.7 Å². The van der Waals surface area contributed by atoms with Crippen molar-refractivity contribution in [2.45, 2.75) is 32.9 Å². The Morgan fingerprint density at radius 3 is 2.53 bits per heavy atom. The van der Waals surface area contributed by atoms with Gasteiger partial charge in [0.2, 0.25) is 0 Å². The zero-order valence-electron chi connectivity index (χ0n) is 11.7. The van der Waals surface area contributed by atoms with E-state index in [0.29, 0.717) is 5.56 Å². The molecule has 2 unspecified atom stereocenters. The molecule has 4 heteroatoms. The van der Waals surface area contributed by atoms with E-state index in [9.17, 15) is 9.90 Å². The number of carboxylic acids is 1. The molecule has 2 atom stereocenters. The number of aromatic nitrogens is 1. The topological polar surface area (TPSA) is 51.5 Å². The molecule has 1 aromatic carbocycles. The Bertz CT molecular complexity index is 615. The monoisotopic (exact) mass is 261 g/mol. The molecule has 19 heavy (non-hydrogen) atoms. The van der Waals surface area contributed by atoms with Crippen LogP contribution in [0.3, 0.4) is 0 Å². The minimum absolute atomic E-state index is 0.0103. The summed E-state index contributed by atoms with van der Waals surface area (Å²) in [5, 5.41) is 10.2. The molecule has 0 radical (unpaired) electrons. The van der Waals surface area contributed by atoms with Crippen LogP contribution in [-0.2, 0) is 4.74 Å². The van der Waals surface area contributed by atoms with Crippen molar-refractivity contribution in [3.63, 3.8) is 0 Å². The number of nitrogens with zero attached hydrogens (tertiary/aromatic N) is 1. The van der Waals surface area contributed by atoms with Crippen molar-refractivity contribution >= 4 is 16.9 Å². The fraction of sp³-hybridized carbons (Fsp3) is 0.400. The summed E-state index contributed by atoms with van der Waals surface area (Å²) in [6, 6.07) is 7.67. The molecule has 0 saturated carbocycles. The van der Waals surface area contributed by atoms with Crippen LogP contribution in [0.25, 0.3) is 10.9 Å². The maximum absolute atomic E-state index is 11.5. The van der Waals surface area contributed by atoms with E-state index in [1.54, 1.807) is 7.11 Å². The molecular formula is C15H19NO3. The first-order valence-corrected chi connectivity index (χ1v) is 6.34. The molecule has 2 rings (SSSR count). The summed E-state index contributed by atoms with van der Waals surface area (Å²) < 4.78 is 7.42. The number of ether oxygens (including phenoxy) is 1. The van der Waals surface area contributed by atoms with Crippen LogP contribution in [0.5, 0.6) is 0 Å². The number of fused-ring (bicyclic) bond motifs is 1. The van der Waals surface area contributed by atoms with E-state index >= 15 is 0 Å². The van der Waals surface area contributed by atoms with Crippen LogP contribution in [0.1, 0.15) is 35.9 Å². The fourth-order valence-corrected chi connectivity index (χ4v) is 2.59. The second kappa shape index (κ2) is 5.05. The van der Waals surface area contributed by atoms with Crippen molar-refractivity contribution in [2.75, 3.05) is 7.11 Å². The Hall–Kier alpha value is -1.81.